The van der Waals surface area contributed by atoms with Crippen molar-refractivity contribution >= 4 is 22.9 Å². The molecule has 1 N–H and O–H groups in total. The Bertz CT molecular complexity index is 847. The van der Waals surface area contributed by atoms with Crippen molar-refractivity contribution < 1.29 is 9.32 Å². The molecule has 1 aliphatic rings. The summed E-state index contributed by atoms with van der Waals surface area (Å²) < 4.78 is 5.35. The highest BCUT2D eigenvalue weighted by Gasteiger charge is 2.29. The maximum Gasteiger partial charge on any atom is 0.270 e. The zero-order valence-corrected chi connectivity index (χ0v) is 13.4. The minimum atomic E-state index is -0.147. The minimum Gasteiger partial charge on any atom is -0.333 e. The summed E-state index contributed by atoms with van der Waals surface area (Å²) in [6, 6.07) is 9.32. The summed E-state index contributed by atoms with van der Waals surface area (Å²) >= 11 is 1.48. The molecule has 1 amide bonds. The van der Waals surface area contributed by atoms with Gasteiger partial charge in [-0.25, -0.2) is 0 Å². The summed E-state index contributed by atoms with van der Waals surface area (Å²) in [5.41, 5.74) is 2.44. The van der Waals surface area contributed by atoms with E-state index in [0.717, 1.165) is 29.1 Å². The molecule has 1 saturated carbocycles. The van der Waals surface area contributed by atoms with Gasteiger partial charge in [-0.2, -0.15) is 4.98 Å². The lowest BCUT2D eigenvalue weighted by Crippen LogP contribution is -2.11. The second-order valence-corrected chi connectivity index (χ2v) is 6.63. The monoisotopic (exact) mass is 325 g/mol. The van der Waals surface area contributed by atoms with E-state index in [9.17, 15) is 4.79 Å². The van der Waals surface area contributed by atoms with Crippen LogP contribution in [-0.4, -0.2) is 16.0 Å². The molecule has 0 atom stereocenters. The molecule has 0 aliphatic heterocycles. The molecule has 0 saturated heterocycles. The van der Waals surface area contributed by atoms with Crippen LogP contribution in [0.15, 0.2) is 40.2 Å². The van der Waals surface area contributed by atoms with Gasteiger partial charge in [0.05, 0.1) is 5.69 Å². The fraction of sp³-hybridized carbons (Fsp3) is 0.235. The highest BCUT2D eigenvalue weighted by atomic mass is 32.1. The highest BCUT2D eigenvalue weighted by molar-refractivity contribution is 7.14. The Kier molecular flexibility index (Phi) is 3.46. The molecule has 2 heterocycles. The molecule has 1 fully saturated rings. The number of amides is 1. The molecule has 1 aliphatic carbocycles. The van der Waals surface area contributed by atoms with Crippen LogP contribution in [0.3, 0.4) is 0 Å². The van der Waals surface area contributed by atoms with Crippen LogP contribution in [0.4, 0.5) is 5.69 Å². The quantitative estimate of drug-likeness (QED) is 0.779. The zero-order chi connectivity index (χ0) is 15.8. The number of aromatic nitrogens is 2. The average Bonchev–Trinajstić information content (AvgIpc) is 3.10. The van der Waals surface area contributed by atoms with Crippen LogP contribution in [0.2, 0.25) is 0 Å². The Morgan fingerprint density at radius 3 is 2.78 bits per heavy atom. The summed E-state index contributed by atoms with van der Waals surface area (Å²) in [7, 11) is 0. The lowest BCUT2D eigenvalue weighted by molar-refractivity contribution is 0.102. The van der Waals surface area contributed by atoms with E-state index >= 15 is 0 Å². The van der Waals surface area contributed by atoms with Crippen molar-refractivity contribution in [2.24, 2.45) is 0 Å². The van der Waals surface area contributed by atoms with Gasteiger partial charge in [-0.15, -0.1) is 11.3 Å². The minimum absolute atomic E-state index is 0.147. The second kappa shape index (κ2) is 5.62. The van der Waals surface area contributed by atoms with Crippen molar-refractivity contribution in [1.29, 1.82) is 0 Å². The second-order valence-electron chi connectivity index (χ2n) is 5.72. The molecule has 23 heavy (non-hydrogen) atoms. The molecular weight excluding hydrogens is 310 g/mol. The Morgan fingerprint density at radius 2 is 2.04 bits per heavy atom. The standard InChI is InChI=1S/C17H15N3O2S/c1-10-2-4-12(5-3-10)16(21)18-13-8-9-23-14(13)17-19-15(20-22-17)11-6-7-11/h2-5,8-9,11H,6-7H2,1H3,(H,18,21). The predicted octanol–water partition coefficient (Wildman–Crippen LogP) is 4.24. The van der Waals surface area contributed by atoms with Crippen molar-refractivity contribution in [2.75, 3.05) is 5.32 Å². The van der Waals surface area contributed by atoms with Crippen molar-refractivity contribution in [3.8, 4) is 10.8 Å². The Balaban J connectivity index is 1.56. The van der Waals surface area contributed by atoms with E-state index in [1.165, 1.54) is 11.3 Å². The van der Waals surface area contributed by atoms with Crippen LogP contribution in [0, 0.1) is 6.92 Å². The van der Waals surface area contributed by atoms with Crippen LogP contribution in [-0.2, 0) is 0 Å². The molecule has 5 nitrogen and oxygen atoms in total. The van der Waals surface area contributed by atoms with E-state index in [1.807, 2.05) is 42.6 Å². The molecule has 1 aromatic carbocycles. The highest BCUT2D eigenvalue weighted by Crippen LogP contribution is 2.40. The van der Waals surface area contributed by atoms with Gasteiger partial charge >= 0.3 is 0 Å². The van der Waals surface area contributed by atoms with E-state index in [-0.39, 0.29) is 5.91 Å². The van der Waals surface area contributed by atoms with Gasteiger partial charge in [0, 0.05) is 11.5 Å². The molecular formula is C17H15N3O2S. The van der Waals surface area contributed by atoms with Gasteiger partial charge in [-0.05, 0) is 43.3 Å². The van der Waals surface area contributed by atoms with Crippen molar-refractivity contribution in [1.82, 2.24) is 10.1 Å². The SMILES string of the molecule is Cc1ccc(C(=O)Nc2ccsc2-c2nc(C3CC3)no2)cc1. The summed E-state index contributed by atoms with van der Waals surface area (Å²) in [4.78, 5) is 17.6. The van der Waals surface area contributed by atoms with E-state index < -0.39 is 0 Å². The van der Waals surface area contributed by atoms with Crippen LogP contribution >= 0.6 is 11.3 Å². The fourth-order valence-electron chi connectivity index (χ4n) is 2.31. The molecule has 2 aromatic heterocycles. The molecule has 4 rings (SSSR count). The maximum absolute atomic E-state index is 12.4. The number of hydrogen-bond acceptors (Lipinski definition) is 5. The molecule has 3 aromatic rings. The Morgan fingerprint density at radius 1 is 1.26 bits per heavy atom. The van der Waals surface area contributed by atoms with Gasteiger partial charge in [0.25, 0.3) is 11.8 Å². The number of anilines is 1. The summed E-state index contributed by atoms with van der Waals surface area (Å²) in [6.07, 6.45) is 2.25. The molecule has 0 bridgehead atoms. The van der Waals surface area contributed by atoms with Crippen LogP contribution in [0.1, 0.15) is 40.5 Å². The lowest BCUT2D eigenvalue weighted by atomic mass is 10.1. The number of benzene rings is 1. The average molecular weight is 325 g/mol. The number of nitrogens with one attached hydrogen (secondary N) is 1. The fourth-order valence-corrected chi connectivity index (χ4v) is 3.08. The predicted molar refractivity (Wildman–Crippen MR) is 88.7 cm³/mol. The molecule has 0 unspecified atom stereocenters. The zero-order valence-electron chi connectivity index (χ0n) is 12.6. The van der Waals surface area contributed by atoms with E-state index in [1.54, 1.807) is 0 Å². The van der Waals surface area contributed by atoms with Crippen molar-refractivity contribution in [3.63, 3.8) is 0 Å². The van der Waals surface area contributed by atoms with E-state index in [0.29, 0.717) is 23.1 Å². The number of thiophene rings is 1. The number of rotatable bonds is 4. The van der Waals surface area contributed by atoms with Crippen molar-refractivity contribution in [2.45, 2.75) is 25.7 Å². The lowest BCUT2D eigenvalue weighted by Gasteiger charge is -2.05. The van der Waals surface area contributed by atoms with Crippen LogP contribution < -0.4 is 5.32 Å². The first-order valence-corrected chi connectivity index (χ1v) is 8.38. The van der Waals surface area contributed by atoms with Gasteiger partial charge < -0.3 is 9.84 Å². The first kappa shape index (κ1) is 14.1. The Hall–Kier alpha value is -2.47. The third-order valence-corrected chi connectivity index (χ3v) is 4.71. The molecule has 0 spiro atoms. The number of carbonyl (C=O) groups is 1. The van der Waals surface area contributed by atoms with Crippen LogP contribution in [0.5, 0.6) is 0 Å². The summed E-state index contributed by atoms with van der Waals surface area (Å²) in [6.45, 7) is 1.99. The molecule has 6 heteroatoms. The maximum atomic E-state index is 12.4. The number of hydrogen-bond donors (Lipinski definition) is 1. The van der Waals surface area contributed by atoms with Crippen molar-refractivity contribution in [3.05, 3.63) is 52.7 Å². The smallest absolute Gasteiger partial charge is 0.270 e. The number of nitrogens with zero attached hydrogens (tertiary/aromatic N) is 2. The Labute approximate surface area is 137 Å². The molecule has 0 radical (unpaired) electrons. The number of aryl methyl sites for hydroxylation is 1. The molecule has 116 valence electrons. The van der Waals surface area contributed by atoms with Gasteiger partial charge in [0.2, 0.25) is 0 Å². The van der Waals surface area contributed by atoms with Crippen LogP contribution in [0.25, 0.3) is 10.8 Å². The summed E-state index contributed by atoms with van der Waals surface area (Å²) in [5.74, 6) is 1.54. The third-order valence-electron chi connectivity index (χ3n) is 3.81. The normalized spacial score (nSPS) is 14.0. The van der Waals surface area contributed by atoms with Gasteiger partial charge in [0.1, 0.15) is 4.88 Å². The third kappa shape index (κ3) is 2.90. The van der Waals surface area contributed by atoms with Gasteiger partial charge in [-0.1, -0.05) is 22.9 Å². The largest absolute Gasteiger partial charge is 0.333 e. The first-order valence-electron chi connectivity index (χ1n) is 7.50. The van der Waals surface area contributed by atoms with Gasteiger partial charge in [-0.3, -0.25) is 4.79 Å². The first-order chi connectivity index (χ1) is 11.2. The summed E-state index contributed by atoms with van der Waals surface area (Å²) in [5, 5.41) is 8.86. The topological polar surface area (TPSA) is 68.0 Å². The number of carbonyl (C=O) groups excluding carboxylic acids is 1. The van der Waals surface area contributed by atoms with Gasteiger partial charge in [0.15, 0.2) is 5.82 Å². The van der Waals surface area contributed by atoms with E-state index in [4.69, 9.17) is 4.52 Å². The van der Waals surface area contributed by atoms with E-state index in [2.05, 4.69) is 15.5 Å².